The highest BCUT2D eigenvalue weighted by Gasteiger charge is 2.19. The lowest BCUT2D eigenvalue weighted by molar-refractivity contribution is 0.0777. The number of aryl methyl sites for hydroxylation is 1. The fraction of sp³-hybridized carbons (Fsp3) is 0.357. The number of hydrogen-bond acceptors (Lipinski definition) is 5. The monoisotopic (exact) mass is 289 g/mol. The number of ether oxygens (including phenoxy) is 1. The summed E-state index contributed by atoms with van der Waals surface area (Å²) in [6.07, 6.45) is 0. The lowest BCUT2D eigenvalue weighted by Gasteiger charge is -2.18. The molecule has 7 heteroatoms. The van der Waals surface area contributed by atoms with Crippen molar-refractivity contribution in [3.63, 3.8) is 0 Å². The molecule has 0 fully saturated rings. The Kier molecular flexibility index (Phi) is 4.42. The highest BCUT2D eigenvalue weighted by atomic mass is 16.5. The van der Waals surface area contributed by atoms with Gasteiger partial charge < -0.3 is 15.4 Å². The molecule has 1 amide bonds. The summed E-state index contributed by atoms with van der Waals surface area (Å²) in [5.74, 6) is 1.51. The zero-order chi connectivity index (χ0) is 15.4. The number of anilines is 1. The Morgan fingerprint density at radius 2 is 2.24 bits per heavy atom. The van der Waals surface area contributed by atoms with Crippen LogP contribution >= 0.6 is 0 Å². The first-order valence-corrected chi connectivity index (χ1v) is 6.67. The van der Waals surface area contributed by atoms with E-state index in [9.17, 15) is 4.79 Å². The number of carbonyl (C=O) groups excluding carboxylic acids is 1. The van der Waals surface area contributed by atoms with Crippen LogP contribution in [0.25, 0.3) is 0 Å². The van der Waals surface area contributed by atoms with Gasteiger partial charge >= 0.3 is 0 Å². The van der Waals surface area contributed by atoms with Crippen molar-refractivity contribution in [2.45, 2.75) is 20.4 Å². The van der Waals surface area contributed by atoms with Crippen LogP contribution in [0.15, 0.2) is 18.2 Å². The molecule has 0 saturated heterocycles. The molecule has 0 aliphatic heterocycles. The number of para-hydroxylation sites is 1. The normalized spacial score (nSPS) is 10.4. The molecule has 1 heterocycles. The standard InChI is InChI=1S/C14H19N5O2/c1-4-21-13-10(6-5-7-11(13)15)14(20)19(3)8-12-16-9(2)17-18-12/h5-7H,4,8,15H2,1-3H3,(H,16,17,18). The second-order valence-electron chi connectivity index (χ2n) is 4.66. The number of aromatic nitrogens is 3. The molecule has 1 aromatic heterocycles. The summed E-state index contributed by atoms with van der Waals surface area (Å²) in [5, 5.41) is 6.77. The molecule has 0 radical (unpaired) electrons. The van der Waals surface area contributed by atoms with Crippen LogP contribution in [0.5, 0.6) is 5.75 Å². The Bertz CT molecular complexity index is 638. The van der Waals surface area contributed by atoms with Crippen molar-refractivity contribution in [1.82, 2.24) is 20.1 Å². The number of rotatable bonds is 5. The number of nitrogens with two attached hydrogens (primary N) is 1. The third-order valence-corrected chi connectivity index (χ3v) is 2.93. The van der Waals surface area contributed by atoms with Crippen LogP contribution in [0, 0.1) is 6.92 Å². The van der Waals surface area contributed by atoms with E-state index >= 15 is 0 Å². The smallest absolute Gasteiger partial charge is 0.257 e. The van der Waals surface area contributed by atoms with E-state index in [0.29, 0.717) is 41.8 Å². The number of benzene rings is 1. The van der Waals surface area contributed by atoms with Crippen LogP contribution in [0.2, 0.25) is 0 Å². The van der Waals surface area contributed by atoms with Crippen molar-refractivity contribution >= 4 is 11.6 Å². The van der Waals surface area contributed by atoms with Gasteiger partial charge in [0.25, 0.3) is 5.91 Å². The fourth-order valence-corrected chi connectivity index (χ4v) is 1.98. The molecule has 1 aromatic carbocycles. The summed E-state index contributed by atoms with van der Waals surface area (Å²) in [5.41, 5.74) is 6.76. The van der Waals surface area contributed by atoms with Crippen LogP contribution in [-0.2, 0) is 6.54 Å². The minimum atomic E-state index is -0.187. The quantitative estimate of drug-likeness (QED) is 0.810. The third kappa shape index (κ3) is 3.31. The first kappa shape index (κ1) is 14.8. The molecule has 21 heavy (non-hydrogen) atoms. The Labute approximate surface area is 123 Å². The average Bonchev–Trinajstić information content (AvgIpc) is 2.85. The highest BCUT2D eigenvalue weighted by molar-refractivity contribution is 5.98. The second kappa shape index (κ2) is 6.25. The van der Waals surface area contributed by atoms with Gasteiger partial charge in [-0.05, 0) is 26.0 Å². The molecule has 2 rings (SSSR count). The molecule has 0 saturated carbocycles. The van der Waals surface area contributed by atoms with E-state index < -0.39 is 0 Å². The minimum Gasteiger partial charge on any atom is -0.491 e. The zero-order valence-electron chi connectivity index (χ0n) is 12.4. The summed E-state index contributed by atoms with van der Waals surface area (Å²) >= 11 is 0. The number of nitrogen functional groups attached to an aromatic ring is 1. The van der Waals surface area contributed by atoms with Gasteiger partial charge in [-0.1, -0.05) is 6.07 Å². The lowest BCUT2D eigenvalue weighted by atomic mass is 10.1. The maximum Gasteiger partial charge on any atom is 0.257 e. The number of aromatic amines is 1. The fourth-order valence-electron chi connectivity index (χ4n) is 1.98. The average molecular weight is 289 g/mol. The maximum atomic E-state index is 12.5. The molecule has 7 nitrogen and oxygen atoms in total. The van der Waals surface area contributed by atoms with Gasteiger partial charge in [0.1, 0.15) is 5.82 Å². The minimum absolute atomic E-state index is 0.187. The van der Waals surface area contributed by atoms with Crippen LogP contribution in [-0.4, -0.2) is 39.6 Å². The van der Waals surface area contributed by atoms with Gasteiger partial charge in [0.2, 0.25) is 0 Å². The molecule has 3 N–H and O–H groups in total. The number of nitrogens with one attached hydrogen (secondary N) is 1. The van der Waals surface area contributed by atoms with E-state index in [1.54, 1.807) is 25.2 Å². The number of hydrogen-bond donors (Lipinski definition) is 2. The Balaban J connectivity index is 2.21. The van der Waals surface area contributed by atoms with E-state index in [1.165, 1.54) is 4.90 Å². The predicted octanol–water partition coefficient (Wildman–Crippen LogP) is 1.37. The Morgan fingerprint density at radius 1 is 1.48 bits per heavy atom. The second-order valence-corrected chi connectivity index (χ2v) is 4.66. The molecular weight excluding hydrogens is 270 g/mol. The van der Waals surface area contributed by atoms with Crippen molar-refractivity contribution in [3.8, 4) is 5.75 Å². The molecule has 0 aliphatic rings. The van der Waals surface area contributed by atoms with Gasteiger partial charge in [-0.25, -0.2) is 4.98 Å². The molecule has 0 unspecified atom stereocenters. The van der Waals surface area contributed by atoms with Crippen LogP contribution in [0.1, 0.15) is 28.9 Å². The lowest BCUT2D eigenvalue weighted by Crippen LogP contribution is -2.27. The summed E-state index contributed by atoms with van der Waals surface area (Å²) < 4.78 is 5.48. The van der Waals surface area contributed by atoms with E-state index in [-0.39, 0.29) is 5.91 Å². The van der Waals surface area contributed by atoms with Crippen LogP contribution < -0.4 is 10.5 Å². The largest absolute Gasteiger partial charge is 0.491 e. The first-order valence-electron chi connectivity index (χ1n) is 6.67. The predicted molar refractivity (Wildman–Crippen MR) is 78.9 cm³/mol. The van der Waals surface area contributed by atoms with Crippen molar-refractivity contribution in [2.24, 2.45) is 0 Å². The molecule has 112 valence electrons. The number of H-pyrrole nitrogens is 1. The van der Waals surface area contributed by atoms with E-state index in [1.807, 2.05) is 13.8 Å². The van der Waals surface area contributed by atoms with Crippen molar-refractivity contribution < 1.29 is 9.53 Å². The van der Waals surface area contributed by atoms with Gasteiger partial charge in [-0.2, -0.15) is 5.10 Å². The van der Waals surface area contributed by atoms with E-state index in [2.05, 4.69) is 15.2 Å². The van der Waals surface area contributed by atoms with Gasteiger partial charge in [0, 0.05) is 7.05 Å². The number of nitrogens with zero attached hydrogens (tertiary/aromatic N) is 3. The molecular formula is C14H19N5O2. The van der Waals surface area contributed by atoms with Gasteiger partial charge in [-0.15, -0.1) is 0 Å². The summed E-state index contributed by atoms with van der Waals surface area (Å²) in [7, 11) is 1.69. The van der Waals surface area contributed by atoms with Crippen molar-refractivity contribution in [1.29, 1.82) is 0 Å². The van der Waals surface area contributed by atoms with Crippen molar-refractivity contribution in [2.75, 3.05) is 19.4 Å². The number of amides is 1. The molecule has 0 spiro atoms. The first-order chi connectivity index (χ1) is 10.0. The summed E-state index contributed by atoms with van der Waals surface area (Å²) in [6.45, 7) is 4.41. The third-order valence-electron chi connectivity index (χ3n) is 2.93. The topological polar surface area (TPSA) is 97.1 Å². The zero-order valence-corrected chi connectivity index (χ0v) is 12.4. The van der Waals surface area contributed by atoms with Crippen molar-refractivity contribution in [3.05, 3.63) is 35.4 Å². The number of carbonyl (C=O) groups is 1. The van der Waals surface area contributed by atoms with Crippen LogP contribution in [0.3, 0.4) is 0 Å². The molecule has 0 bridgehead atoms. The SMILES string of the molecule is CCOc1c(N)cccc1C(=O)N(C)Cc1n[nH]c(C)n1. The summed E-state index contributed by atoms with van der Waals surface area (Å²) in [6, 6.07) is 5.14. The highest BCUT2D eigenvalue weighted by Crippen LogP contribution is 2.27. The molecule has 2 aromatic rings. The van der Waals surface area contributed by atoms with E-state index in [4.69, 9.17) is 10.5 Å². The molecule has 0 aliphatic carbocycles. The molecule has 0 atom stereocenters. The van der Waals surface area contributed by atoms with Gasteiger partial charge in [-0.3, -0.25) is 9.89 Å². The van der Waals surface area contributed by atoms with Gasteiger partial charge in [0.15, 0.2) is 11.6 Å². The Hall–Kier alpha value is -2.57. The maximum absolute atomic E-state index is 12.5. The van der Waals surface area contributed by atoms with Crippen LogP contribution in [0.4, 0.5) is 5.69 Å². The Morgan fingerprint density at radius 3 is 2.86 bits per heavy atom. The van der Waals surface area contributed by atoms with E-state index in [0.717, 1.165) is 0 Å². The summed E-state index contributed by atoms with van der Waals surface area (Å²) in [4.78, 5) is 18.2. The van der Waals surface area contributed by atoms with Gasteiger partial charge in [0.05, 0.1) is 24.4 Å².